The van der Waals surface area contributed by atoms with Gasteiger partial charge in [0.1, 0.15) is 5.82 Å². The molecule has 4 nitrogen and oxygen atoms in total. The van der Waals surface area contributed by atoms with Crippen molar-refractivity contribution in [3.8, 4) is 0 Å². The van der Waals surface area contributed by atoms with Crippen LogP contribution in [0.5, 0.6) is 0 Å². The van der Waals surface area contributed by atoms with E-state index in [1.165, 1.54) is 37.8 Å². The maximum atomic E-state index is 13.0. The summed E-state index contributed by atoms with van der Waals surface area (Å²) < 4.78 is 13.0. The molecule has 2 aliphatic carbocycles. The zero-order chi connectivity index (χ0) is 16.5. The Hall–Kier alpha value is -1.62. The lowest BCUT2D eigenvalue weighted by Gasteiger charge is -2.36. The molecule has 0 unspecified atom stereocenters. The number of amides is 1. The van der Waals surface area contributed by atoms with E-state index in [2.05, 4.69) is 15.1 Å². The Kier molecular flexibility index (Phi) is 4.44. The summed E-state index contributed by atoms with van der Waals surface area (Å²) in [6, 6.07) is 7.09. The van der Waals surface area contributed by atoms with E-state index < -0.39 is 0 Å². The van der Waals surface area contributed by atoms with Gasteiger partial charge < -0.3 is 10.2 Å². The zero-order valence-corrected chi connectivity index (χ0v) is 14.1. The largest absolute Gasteiger partial charge is 0.369 e. The van der Waals surface area contributed by atoms with Gasteiger partial charge in [-0.2, -0.15) is 0 Å². The number of hydrogen-bond donors (Lipinski definition) is 1. The van der Waals surface area contributed by atoms with Gasteiger partial charge in [-0.3, -0.25) is 9.69 Å². The van der Waals surface area contributed by atoms with Gasteiger partial charge in [0.05, 0.1) is 6.54 Å². The fraction of sp³-hybridized carbons (Fsp3) is 0.632. The standard InChI is InChI=1S/C19H26FN3O/c20-16-3-5-17(6-4-16)23-9-7-22(8-10-23)13-19(24)21-18-12-14-1-2-15(18)11-14/h3-6,14-15,18H,1-2,7-13H2,(H,21,24)/t14-,15-,18-/m1/s1. The minimum Gasteiger partial charge on any atom is -0.369 e. The Balaban J connectivity index is 1.23. The van der Waals surface area contributed by atoms with Crippen LogP contribution in [0.3, 0.4) is 0 Å². The Morgan fingerprint density at radius 1 is 1.08 bits per heavy atom. The van der Waals surface area contributed by atoms with Crippen LogP contribution in [0.25, 0.3) is 0 Å². The lowest BCUT2D eigenvalue weighted by atomic mass is 9.95. The summed E-state index contributed by atoms with van der Waals surface area (Å²) in [5.41, 5.74) is 1.06. The van der Waals surface area contributed by atoms with Crippen molar-refractivity contribution in [2.45, 2.75) is 31.7 Å². The molecule has 0 aromatic heterocycles. The molecule has 1 saturated heterocycles. The van der Waals surface area contributed by atoms with Crippen molar-refractivity contribution in [3.63, 3.8) is 0 Å². The summed E-state index contributed by atoms with van der Waals surface area (Å²) in [5.74, 6) is 1.58. The van der Waals surface area contributed by atoms with Crippen LogP contribution in [0, 0.1) is 17.7 Å². The number of rotatable bonds is 4. The monoisotopic (exact) mass is 331 g/mol. The molecule has 1 aliphatic heterocycles. The minimum atomic E-state index is -0.199. The van der Waals surface area contributed by atoms with Gasteiger partial charge >= 0.3 is 0 Å². The van der Waals surface area contributed by atoms with Crippen molar-refractivity contribution in [1.29, 1.82) is 0 Å². The van der Waals surface area contributed by atoms with Crippen molar-refractivity contribution in [1.82, 2.24) is 10.2 Å². The number of halogens is 1. The Morgan fingerprint density at radius 2 is 1.83 bits per heavy atom. The Labute approximate surface area is 143 Å². The fourth-order valence-electron chi connectivity index (χ4n) is 4.69. The van der Waals surface area contributed by atoms with Gasteiger partial charge in [-0.1, -0.05) is 6.42 Å². The lowest BCUT2D eigenvalue weighted by molar-refractivity contribution is -0.123. The highest BCUT2D eigenvalue weighted by molar-refractivity contribution is 5.78. The molecule has 2 saturated carbocycles. The summed E-state index contributed by atoms with van der Waals surface area (Å²) in [4.78, 5) is 16.8. The smallest absolute Gasteiger partial charge is 0.234 e. The van der Waals surface area contributed by atoms with E-state index in [0.29, 0.717) is 12.6 Å². The van der Waals surface area contributed by atoms with Crippen molar-refractivity contribution >= 4 is 11.6 Å². The first kappa shape index (κ1) is 15.9. The molecular formula is C19H26FN3O. The number of benzene rings is 1. The number of fused-ring (bicyclic) bond motifs is 2. The van der Waals surface area contributed by atoms with Crippen LogP contribution in [0.1, 0.15) is 25.7 Å². The summed E-state index contributed by atoms with van der Waals surface area (Å²) in [5, 5.41) is 3.27. The van der Waals surface area contributed by atoms with Crippen LogP contribution in [0.2, 0.25) is 0 Å². The third-order valence-corrected chi connectivity index (χ3v) is 6.02. The molecule has 1 amide bonds. The van der Waals surface area contributed by atoms with Crippen molar-refractivity contribution < 1.29 is 9.18 Å². The number of anilines is 1. The number of nitrogens with one attached hydrogen (secondary N) is 1. The minimum absolute atomic E-state index is 0.183. The molecule has 3 atom stereocenters. The molecule has 3 fully saturated rings. The highest BCUT2D eigenvalue weighted by Gasteiger charge is 2.40. The number of nitrogens with zero attached hydrogens (tertiary/aromatic N) is 2. The lowest BCUT2D eigenvalue weighted by Crippen LogP contribution is -2.51. The summed E-state index contributed by atoms with van der Waals surface area (Å²) in [7, 11) is 0. The van der Waals surface area contributed by atoms with E-state index in [9.17, 15) is 9.18 Å². The second kappa shape index (κ2) is 6.71. The predicted molar refractivity (Wildman–Crippen MR) is 92.4 cm³/mol. The Morgan fingerprint density at radius 3 is 2.46 bits per heavy atom. The van der Waals surface area contributed by atoms with Crippen LogP contribution >= 0.6 is 0 Å². The van der Waals surface area contributed by atoms with Gasteiger partial charge in [0, 0.05) is 37.9 Å². The number of carbonyl (C=O) groups excluding carboxylic acids is 1. The van der Waals surface area contributed by atoms with E-state index in [1.54, 1.807) is 0 Å². The average molecular weight is 331 g/mol. The van der Waals surface area contributed by atoms with Gasteiger partial charge in [0.2, 0.25) is 5.91 Å². The number of hydrogen-bond acceptors (Lipinski definition) is 3. The first-order valence-electron chi connectivity index (χ1n) is 9.19. The molecule has 1 aromatic carbocycles. The predicted octanol–water partition coefficient (Wildman–Crippen LogP) is 2.25. The quantitative estimate of drug-likeness (QED) is 0.919. The van der Waals surface area contributed by atoms with Gasteiger partial charge in [-0.05, 0) is 55.4 Å². The fourth-order valence-corrected chi connectivity index (χ4v) is 4.69. The van der Waals surface area contributed by atoms with Crippen LogP contribution < -0.4 is 10.2 Å². The molecule has 1 N–H and O–H groups in total. The van der Waals surface area contributed by atoms with E-state index in [4.69, 9.17) is 0 Å². The SMILES string of the molecule is O=C(CN1CCN(c2ccc(F)cc2)CC1)N[C@@H]1C[C@@H]2CC[C@@H]1C2. The second-order valence-electron chi connectivity index (χ2n) is 7.59. The maximum Gasteiger partial charge on any atom is 0.234 e. The average Bonchev–Trinajstić information content (AvgIpc) is 3.19. The van der Waals surface area contributed by atoms with Crippen molar-refractivity contribution in [3.05, 3.63) is 30.1 Å². The van der Waals surface area contributed by atoms with Gasteiger partial charge in [-0.25, -0.2) is 4.39 Å². The van der Waals surface area contributed by atoms with Crippen molar-refractivity contribution in [2.75, 3.05) is 37.6 Å². The number of piperazine rings is 1. The molecular weight excluding hydrogens is 305 g/mol. The maximum absolute atomic E-state index is 13.0. The second-order valence-corrected chi connectivity index (χ2v) is 7.59. The molecule has 0 radical (unpaired) electrons. The molecule has 1 aromatic rings. The van der Waals surface area contributed by atoms with E-state index in [-0.39, 0.29) is 11.7 Å². The first-order valence-corrected chi connectivity index (χ1v) is 9.19. The van der Waals surface area contributed by atoms with Crippen LogP contribution in [0.4, 0.5) is 10.1 Å². The third kappa shape index (κ3) is 3.41. The Bertz CT molecular complexity index is 583. The van der Waals surface area contributed by atoms with Gasteiger partial charge in [0.15, 0.2) is 0 Å². The zero-order valence-electron chi connectivity index (χ0n) is 14.1. The molecule has 1 heterocycles. The highest BCUT2D eigenvalue weighted by atomic mass is 19.1. The van der Waals surface area contributed by atoms with Gasteiger partial charge in [-0.15, -0.1) is 0 Å². The molecule has 0 spiro atoms. The van der Waals surface area contributed by atoms with Gasteiger partial charge in [0.25, 0.3) is 0 Å². The first-order chi connectivity index (χ1) is 11.7. The van der Waals surface area contributed by atoms with Crippen molar-refractivity contribution in [2.24, 2.45) is 11.8 Å². The molecule has 24 heavy (non-hydrogen) atoms. The molecule has 3 aliphatic rings. The molecule has 2 bridgehead atoms. The summed E-state index contributed by atoms with van der Waals surface area (Å²) >= 11 is 0. The molecule has 4 rings (SSSR count). The van der Waals surface area contributed by atoms with E-state index in [0.717, 1.165) is 43.7 Å². The highest BCUT2D eigenvalue weighted by Crippen LogP contribution is 2.44. The van der Waals surface area contributed by atoms with E-state index >= 15 is 0 Å². The normalized spacial score (nSPS) is 29.9. The topological polar surface area (TPSA) is 35.6 Å². The van der Waals surface area contributed by atoms with Crippen LogP contribution in [-0.4, -0.2) is 49.6 Å². The number of carbonyl (C=O) groups is 1. The van der Waals surface area contributed by atoms with Crippen LogP contribution in [-0.2, 0) is 4.79 Å². The van der Waals surface area contributed by atoms with E-state index in [1.807, 2.05) is 12.1 Å². The summed E-state index contributed by atoms with van der Waals surface area (Å²) in [6.07, 6.45) is 5.17. The molecule has 130 valence electrons. The van der Waals surface area contributed by atoms with Crippen LogP contribution in [0.15, 0.2) is 24.3 Å². The summed E-state index contributed by atoms with van der Waals surface area (Å²) in [6.45, 7) is 4.02. The molecule has 5 heteroatoms. The third-order valence-electron chi connectivity index (χ3n) is 6.02.